The minimum absolute atomic E-state index is 0.0735. The van der Waals surface area contributed by atoms with Crippen molar-refractivity contribution in [3.63, 3.8) is 0 Å². The van der Waals surface area contributed by atoms with E-state index in [1.54, 1.807) is 4.90 Å². The van der Waals surface area contributed by atoms with E-state index in [1.807, 2.05) is 63.2 Å². The molecule has 32 heavy (non-hydrogen) atoms. The summed E-state index contributed by atoms with van der Waals surface area (Å²) >= 11 is 0. The highest BCUT2D eigenvalue weighted by molar-refractivity contribution is 5.97. The Morgan fingerprint density at radius 1 is 1.06 bits per heavy atom. The summed E-state index contributed by atoms with van der Waals surface area (Å²) in [6.45, 7) is 7.90. The Bertz CT molecular complexity index is 930. The van der Waals surface area contributed by atoms with E-state index in [-0.39, 0.29) is 30.8 Å². The van der Waals surface area contributed by atoms with Crippen molar-refractivity contribution in [2.45, 2.75) is 46.1 Å². The molecule has 0 fully saturated rings. The molecule has 1 aliphatic rings. The van der Waals surface area contributed by atoms with Crippen LogP contribution in [0.15, 0.2) is 42.5 Å². The predicted octanol–water partition coefficient (Wildman–Crippen LogP) is 3.74. The minimum Gasteiger partial charge on any atom is -0.490 e. The Kier molecular flexibility index (Phi) is 8.36. The maximum Gasteiger partial charge on any atom is 0.227 e. The van der Waals surface area contributed by atoms with Gasteiger partial charge in [0.05, 0.1) is 25.4 Å². The Morgan fingerprint density at radius 3 is 2.59 bits per heavy atom. The second-order valence-corrected chi connectivity index (χ2v) is 7.65. The van der Waals surface area contributed by atoms with E-state index in [1.165, 1.54) is 0 Å². The lowest BCUT2D eigenvalue weighted by Crippen LogP contribution is -2.42. The van der Waals surface area contributed by atoms with Gasteiger partial charge < -0.3 is 24.4 Å². The molecule has 1 heterocycles. The summed E-state index contributed by atoms with van der Waals surface area (Å²) in [7, 11) is 0. The van der Waals surface area contributed by atoms with Crippen LogP contribution in [0.2, 0.25) is 0 Å². The zero-order chi connectivity index (χ0) is 22.9. The van der Waals surface area contributed by atoms with Crippen LogP contribution in [0.4, 0.5) is 5.69 Å². The van der Waals surface area contributed by atoms with E-state index < -0.39 is 0 Å². The largest absolute Gasteiger partial charge is 0.490 e. The van der Waals surface area contributed by atoms with Crippen LogP contribution in [0.5, 0.6) is 17.2 Å². The average Bonchev–Trinajstić information content (AvgIpc) is 2.78. The van der Waals surface area contributed by atoms with E-state index in [0.717, 1.165) is 17.0 Å². The van der Waals surface area contributed by atoms with Gasteiger partial charge in [0.1, 0.15) is 11.9 Å². The van der Waals surface area contributed by atoms with Gasteiger partial charge in [-0.3, -0.25) is 9.59 Å². The number of anilines is 1. The summed E-state index contributed by atoms with van der Waals surface area (Å²) in [5.74, 6) is 1.92. The van der Waals surface area contributed by atoms with E-state index in [9.17, 15) is 9.59 Å². The Hall–Kier alpha value is -3.22. The number of carbonyl (C=O) groups excluding carboxylic acids is 2. The van der Waals surface area contributed by atoms with Crippen molar-refractivity contribution < 1.29 is 23.8 Å². The standard InChI is InChI=1S/C25H32N2O5/c1-4-30-22-11-10-19(16-23(22)31-5-2)14-15-26-24(28)12-13-25(29)27-17-18(3)32-21-9-7-6-8-20(21)27/h6-11,16,18H,4-5,12-15,17H2,1-3H3,(H,26,28)/t18-/m1/s1. The van der Waals surface area contributed by atoms with Crippen molar-refractivity contribution in [1.82, 2.24) is 5.32 Å². The predicted molar refractivity (Wildman–Crippen MR) is 124 cm³/mol. The van der Waals surface area contributed by atoms with Crippen molar-refractivity contribution >= 4 is 17.5 Å². The molecule has 0 spiro atoms. The summed E-state index contributed by atoms with van der Waals surface area (Å²) < 4.78 is 17.0. The van der Waals surface area contributed by atoms with Gasteiger partial charge >= 0.3 is 0 Å². The molecule has 3 rings (SSSR count). The quantitative estimate of drug-likeness (QED) is 0.609. The molecule has 2 aromatic rings. The lowest BCUT2D eigenvalue weighted by molar-refractivity contribution is -0.125. The maximum absolute atomic E-state index is 12.8. The number of carbonyl (C=O) groups is 2. The van der Waals surface area contributed by atoms with E-state index >= 15 is 0 Å². The van der Waals surface area contributed by atoms with E-state index in [2.05, 4.69) is 5.32 Å². The summed E-state index contributed by atoms with van der Waals surface area (Å²) in [5, 5.41) is 2.90. The van der Waals surface area contributed by atoms with Crippen LogP contribution in [-0.4, -0.2) is 44.2 Å². The molecule has 0 aliphatic carbocycles. The van der Waals surface area contributed by atoms with Crippen LogP contribution in [-0.2, 0) is 16.0 Å². The van der Waals surface area contributed by atoms with Crippen molar-refractivity contribution in [2.24, 2.45) is 0 Å². The highest BCUT2D eigenvalue weighted by Crippen LogP contribution is 2.33. The zero-order valence-electron chi connectivity index (χ0n) is 19.1. The van der Waals surface area contributed by atoms with Crippen LogP contribution in [0, 0.1) is 0 Å². The third-order valence-corrected chi connectivity index (χ3v) is 5.13. The molecular formula is C25H32N2O5. The third-order valence-electron chi connectivity index (χ3n) is 5.13. The van der Waals surface area contributed by atoms with Crippen molar-refractivity contribution in [1.29, 1.82) is 0 Å². The lowest BCUT2D eigenvalue weighted by atomic mass is 10.1. The number of nitrogens with zero attached hydrogens (tertiary/aromatic N) is 1. The van der Waals surface area contributed by atoms with Crippen LogP contribution in [0.3, 0.4) is 0 Å². The first-order chi connectivity index (χ1) is 15.5. The van der Waals surface area contributed by atoms with Crippen molar-refractivity contribution in [3.8, 4) is 17.2 Å². The zero-order valence-corrected chi connectivity index (χ0v) is 19.1. The molecule has 7 nitrogen and oxygen atoms in total. The Labute approximate surface area is 189 Å². The van der Waals surface area contributed by atoms with Gasteiger partial charge in [-0.05, 0) is 57.0 Å². The molecule has 0 aromatic heterocycles. The van der Waals surface area contributed by atoms with Gasteiger partial charge in [-0.2, -0.15) is 0 Å². The molecule has 7 heteroatoms. The molecule has 0 saturated carbocycles. The van der Waals surface area contributed by atoms with E-state index in [0.29, 0.717) is 44.2 Å². The molecule has 1 atom stereocenters. The van der Waals surface area contributed by atoms with Crippen LogP contribution < -0.4 is 24.4 Å². The fraction of sp³-hybridized carbons (Fsp3) is 0.440. The molecule has 0 radical (unpaired) electrons. The van der Waals surface area contributed by atoms with Gasteiger partial charge in [0.25, 0.3) is 0 Å². The maximum atomic E-state index is 12.8. The number of hydrogen-bond acceptors (Lipinski definition) is 5. The Balaban J connectivity index is 1.47. The summed E-state index contributed by atoms with van der Waals surface area (Å²) in [6, 6.07) is 13.3. The first-order valence-electron chi connectivity index (χ1n) is 11.2. The number of fused-ring (bicyclic) bond motifs is 1. The molecule has 0 bridgehead atoms. The minimum atomic E-state index is -0.135. The van der Waals surface area contributed by atoms with Gasteiger partial charge in [-0.1, -0.05) is 18.2 Å². The molecular weight excluding hydrogens is 408 g/mol. The van der Waals surface area contributed by atoms with Gasteiger partial charge in [0.2, 0.25) is 11.8 Å². The van der Waals surface area contributed by atoms with Crippen LogP contribution in [0.1, 0.15) is 39.2 Å². The lowest BCUT2D eigenvalue weighted by Gasteiger charge is -2.33. The van der Waals surface area contributed by atoms with Crippen LogP contribution >= 0.6 is 0 Å². The molecule has 0 unspecified atom stereocenters. The van der Waals surface area contributed by atoms with Gasteiger partial charge in [0, 0.05) is 19.4 Å². The normalized spacial score (nSPS) is 14.8. The summed E-state index contributed by atoms with van der Waals surface area (Å²) in [6.07, 6.45) is 0.892. The van der Waals surface area contributed by atoms with Crippen molar-refractivity contribution in [2.75, 3.05) is 31.2 Å². The summed E-state index contributed by atoms with van der Waals surface area (Å²) in [4.78, 5) is 26.8. The monoisotopic (exact) mass is 440 g/mol. The number of ether oxygens (including phenoxy) is 3. The summed E-state index contributed by atoms with van der Waals surface area (Å²) in [5.41, 5.74) is 1.81. The number of hydrogen-bond donors (Lipinski definition) is 1. The number of nitrogens with one attached hydrogen (secondary N) is 1. The molecule has 1 N–H and O–H groups in total. The molecule has 1 aliphatic heterocycles. The smallest absolute Gasteiger partial charge is 0.227 e. The van der Waals surface area contributed by atoms with Gasteiger partial charge in [-0.25, -0.2) is 0 Å². The molecule has 2 aromatic carbocycles. The second-order valence-electron chi connectivity index (χ2n) is 7.65. The second kappa shape index (κ2) is 11.4. The highest BCUT2D eigenvalue weighted by atomic mass is 16.5. The number of benzene rings is 2. The van der Waals surface area contributed by atoms with Gasteiger partial charge in [0.15, 0.2) is 11.5 Å². The average molecular weight is 441 g/mol. The highest BCUT2D eigenvalue weighted by Gasteiger charge is 2.27. The molecule has 2 amide bonds. The van der Waals surface area contributed by atoms with E-state index in [4.69, 9.17) is 14.2 Å². The number of rotatable bonds is 10. The fourth-order valence-electron chi connectivity index (χ4n) is 3.67. The van der Waals surface area contributed by atoms with Crippen LogP contribution in [0.25, 0.3) is 0 Å². The first kappa shape index (κ1) is 23.4. The molecule has 172 valence electrons. The topological polar surface area (TPSA) is 77.1 Å². The Morgan fingerprint density at radius 2 is 1.81 bits per heavy atom. The SMILES string of the molecule is CCOc1ccc(CCNC(=O)CCC(=O)N2C[C@@H](C)Oc3ccccc32)cc1OCC. The van der Waals surface area contributed by atoms with Gasteiger partial charge in [-0.15, -0.1) is 0 Å². The first-order valence-corrected chi connectivity index (χ1v) is 11.2. The third kappa shape index (κ3) is 6.15. The number of para-hydroxylation sites is 2. The molecule has 0 saturated heterocycles. The van der Waals surface area contributed by atoms with Crippen molar-refractivity contribution in [3.05, 3.63) is 48.0 Å². The number of amides is 2. The fourth-order valence-corrected chi connectivity index (χ4v) is 3.67.